The maximum absolute atomic E-state index is 13.8. The van der Waals surface area contributed by atoms with Crippen LogP contribution in [0.25, 0.3) is 11.0 Å². The number of H-pyrrole nitrogens is 1. The fraction of sp³-hybridized carbons (Fsp3) is 0.500. The monoisotopic (exact) mass is 540 g/mol. The molecule has 2 N–H and O–H groups in total. The van der Waals surface area contributed by atoms with Crippen molar-refractivity contribution in [2.75, 3.05) is 33.3 Å². The highest BCUT2D eigenvalue weighted by atomic mass is 19.1. The van der Waals surface area contributed by atoms with Crippen LogP contribution in [0.1, 0.15) is 61.3 Å². The molecule has 39 heavy (non-hydrogen) atoms. The van der Waals surface area contributed by atoms with Crippen molar-refractivity contribution in [1.29, 1.82) is 0 Å². The molecule has 3 heterocycles. The van der Waals surface area contributed by atoms with Gasteiger partial charge in [0.1, 0.15) is 18.2 Å². The van der Waals surface area contributed by atoms with E-state index >= 15 is 0 Å². The predicted octanol–water partition coefficient (Wildman–Crippen LogP) is 3.73. The van der Waals surface area contributed by atoms with Crippen molar-refractivity contribution in [1.82, 2.24) is 24.8 Å². The van der Waals surface area contributed by atoms with Crippen LogP contribution in [-0.4, -0.2) is 64.5 Å². The third kappa shape index (κ3) is 6.35. The number of benzene rings is 1. The molecule has 2 fully saturated rings. The minimum absolute atomic E-state index is 0.0270. The summed E-state index contributed by atoms with van der Waals surface area (Å²) >= 11 is 0. The maximum Gasteiger partial charge on any atom is 0.280 e. The Hall–Kier alpha value is -3.60. The average Bonchev–Trinajstić information content (AvgIpc) is 3.29. The predicted molar refractivity (Wildman–Crippen MR) is 141 cm³/mol. The number of carbonyl (C=O) groups is 2. The lowest BCUT2D eigenvalue weighted by atomic mass is 9.85. The zero-order valence-corrected chi connectivity index (χ0v) is 22.1. The summed E-state index contributed by atoms with van der Waals surface area (Å²) in [5.74, 6) is -2.03. The van der Waals surface area contributed by atoms with Gasteiger partial charge in [-0.3, -0.25) is 14.5 Å². The van der Waals surface area contributed by atoms with Crippen LogP contribution in [0.2, 0.25) is 0 Å². The largest absolute Gasteiger partial charge is 0.476 e. The van der Waals surface area contributed by atoms with Crippen LogP contribution < -0.4 is 15.7 Å². The molecule has 0 radical (unpaired) electrons. The summed E-state index contributed by atoms with van der Waals surface area (Å²) in [5.41, 5.74) is 1.50. The van der Waals surface area contributed by atoms with E-state index in [2.05, 4.69) is 25.2 Å². The number of pyridine rings is 1. The number of amides is 2. The van der Waals surface area contributed by atoms with Gasteiger partial charge in [0.15, 0.2) is 0 Å². The Labute approximate surface area is 225 Å². The highest BCUT2D eigenvalue weighted by Crippen LogP contribution is 2.33. The second kappa shape index (κ2) is 12.1. The van der Waals surface area contributed by atoms with Gasteiger partial charge in [-0.05, 0) is 63.7 Å². The Morgan fingerprint density at radius 2 is 1.79 bits per heavy atom. The summed E-state index contributed by atoms with van der Waals surface area (Å²) in [5, 5.41) is 2.72. The molecule has 2 aromatic heterocycles. The molecule has 1 saturated heterocycles. The quantitative estimate of drug-likeness (QED) is 0.475. The third-order valence-corrected chi connectivity index (χ3v) is 7.69. The Kier molecular flexibility index (Phi) is 8.35. The summed E-state index contributed by atoms with van der Waals surface area (Å²) in [6.07, 6.45) is 8.13. The molecule has 2 aliphatic rings. The van der Waals surface area contributed by atoms with Crippen molar-refractivity contribution < 1.29 is 23.1 Å². The Morgan fingerprint density at radius 3 is 2.49 bits per heavy atom. The first kappa shape index (κ1) is 27.0. The number of imidazole rings is 1. The minimum atomic E-state index is -0.846. The number of carbonyl (C=O) groups excluding carboxylic acids is 2. The van der Waals surface area contributed by atoms with Crippen molar-refractivity contribution in [3.63, 3.8) is 0 Å². The van der Waals surface area contributed by atoms with Gasteiger partial charge < -0.3 is 19.6 Å². The average molecular weight is 541 g/mol. The first-order chi connectivity index (χ1) is 18.9. The number of nitrogens with zero attached hydrogens (tertiary/aromatic N) is 4. The Morgan fingerprint density at radius 1 is 1.08 bits per heavy atom. The number of likely N-dealkylation sites (tertiary alicyclic amines) is 1. The molecule has 2 amide bonds. The number of nitrogens with one attached hydrogen (secondary N) is 2. The molecule has 0 spiro atoms. The van der Waals surface area contributed by atoms with Crippen molar-refractivity contribution in [2.24, 2.45) is 10.9 Å². The molecule has 9 nitrogen and oxygen atoms in total. The molecule has 1 aliphatic heterocycles. The van der Waals surface area contributed by atoms with Gasteiger partial charge >= 0.3 is 0 Å². The Bertz CT molecular complexity index is 1380. The van der Waals surface area contributed by atoms with E-state index in [9.17, 15) is 18.4 Å². The van der Waals surface area contributed by atoms with Crippen LogP contribution in [0.4, 0.5) is 8.78 Å². The topological polar surface area (TPSA) is 105 Å². The molecule has 1 aliphatic carbocycles. The van der Waals surface area contributed by atoms with Crippen molar-refractivity contribution >= 4 is 22.8 Å². The second-order valence-electron chi connectivity index (χ2n) is 10.3. The first-order valence-electron chi connectivity index (χ1n) is 13.6. The fourth-order valence-electron chi connectivity index (χ4n) is 5.65. The third-order valence-electron chi connectivity index (χ3n) is 7.69. The lowest BCUT2D eigenvalue weighted by Gasteiger charge is -2.28. The number of hydrogen-bond donors (Lipinski definition) is 2. The van der Waals surface area contributed by atoms with E-state index < -0.39 is 17.5 Å². The van der Waals surface area contributed by atoms with E-state index in [-0.39, 0.29) is 29.0 Å². The van der Waals surface area contributed by atoms with Gasteiger partial charge in [0, 0.05) is 43.2 Å². The lowest BCUT2D eigenvalue weighted by Crippen LogP contribution is -2.33. The number of aromatic amines is 1. The van der Waals surface area contributed by atoms with Crippen LogP contribution in [0, 0.1) is 17.6 Å². The summed E-state index contributed by atoms with van der Waals surface area (Å²) in [7, 11) is 1.64. The zero-order valence-electron chi connectivity index (χ0n) is 22.1. The number of rotatable bonds is 7. The van der Waals surface area contributed by atoms with Gasteiger partial charge in [-0.2, -0.15) is 4.99 Å². The molecule has 1 aromatic carbocycles. The molecular weight excluding hydrogens is 506 g/mol. The number of fused-ring (bicyclic) bond motifs is 1. The van der Waals surface area contributed by atoms with Gasteiger partial charge in [-0.25, -0.2) is 13.8 Å². The van der Waals surface area contributed by atoms with Crippen molar-refractivity contribution in [3.05, 3.63) is 53.3 Å². The summed E-state index contributed by atoms with van der Waals surface area (Å²) in [6, 6.07) is 4.43. The molecular formula is C28H34F2N6O3. The van der Waals surface area contributed by atoms with Crippen LogP contribution >= 0.6 is 0 Å². The van der Waals surface area contributed by atoms with Gasteiger partial charge in [-0.1, -0.05) is 6.42 Å². The summed E-state index contributed by atoms with van der Waals surface area (Å²) in [6.45, 7) is 3.51. The van der Waals surface area contributed by atoms with E-state index in [4.69, 9.17) is 4.74 Å². The van der Waals surface area contributed by atoms with Crippen LogP contribution in [0.15, 0.2) is 35.5 Å². The maximum atomic E-state index is 13.8. The minimum Gasteiger partial charge on any atom is -0.476 e. The first-order valence-corrected chi connectivity index (χ1v) is 13.6. The van der Waals surface area contributed by atoms with E-state index in [0.29, 0.717) is 49.8 Å². The van der Waals surface area contributed by atoms with Crippen molar-refractivity contribution in [3.8, 4) is 5.88 Å². The number of halogens is 2. The molecule has 1 saturated carbocycles. The molecule has 3 aromatic rings. The standard InChI is InChI=1S/C28H34F2N6O3/c1-31-26(37)18-5-7-22(8-6-18)36-24-16-25(39-12-11-35-9-3-2-4-10-35)32-17-23(24)33-28(36)34-27(38)19-13-20(29)15-21(30)14-19/h13-18,22H,2-12H2,1H3,(H,31,37)(H,33,34,38). The second-order valence-corrected chi connectivity index (χ2v) is 10.3. The number of hydrogen-bond acceptors (Lipinski definition) is 5. The summed E-state index contributed by atoms with van der Waals surface area (Å²) < 4.78 is 35.4. The number of ether oxygens (including phenoxy) is 1. The van der Waals surface area contributed by atoms with Crippen LogP contribution in [0.3, 0.4) is 0 Å². The molecule has 0 bridgehead atoms. The Balaban J connectivity index is 1.45. The molecule has 208 valence electrons. The highest BCUT2D eigenvalue weighted by Gasteiger charge is 2.28. The fourth-order valence-corrected chi connectivity index (χ4v) is 5.65. The molecule has 0 atom stereocenters. The lowest BCUT2D eigenvalue weighted by molar-refractivity contribution is -0.125. The smallest absolute Gasteiger partial charge is 0.280 e. The number of aromatic nitrogens is 3. The van der Waals surface area contributed by atoms with Crippen LogP contribution in [-0.2, 0) is 4.79 Å². The molecule has 5 rings (SSSR count). The van der Waals surface area contributed by atoms with Gasteiger partial charge in [0.05, 0.1) is 17.2 Å². The van der Waals surface area contributed by atoms with E-state index in [1.54, 1.807) is 13.2 Å². The van der Waals surface area contributed by atoms with Gasteiger partial charge in [-0.15, -0.1) is 0 Å². The van der Waals surface area contributed by atoms with E-state index in [1.807, 2.05) is 10.6 Å². The zero-order chi connectivity index (χ0) is 27.4. The molecule has 11 heteroatoms. The van der Waals surface area contributed by atoms with E-state index in [0.717, 1.165) is 37.3 Å². The van der Waals surface area contributed by atoms with Gasteiger partial charge in [0.2, 0.25) is 17.4 Å². The molecule has 0 unspecified atom stereocenters. The van der Waals surface area contributed by atoms with Gasteiger partial charge in [0.25, 0.3) is 5.91 Å². The van der Waals surface area contributed by atoms with Crippen LogP contribution in [0.5, 0.6) is 5.88 Å². The van der Waals surface area contributed by atoms with E-state index in [1.165, 1.54) is 19.3 Å². The number of piperidine rings is 1. The SMILES string of the molecule is CNC(=O)C1CCC(n2/c(=N/C(=O)c3cc(F)cc(F)c3)[nH]c3cnc(OCCN4CCCCC4)cc32)CC1. The normalized spacial score (nSPS) is 20.7. The van der Waals surface area contributed by atoms with Crippen molar-refractivity contribution in [2.45, 2.75) is 51.0 Å². The highest BCUT2D eigenvalue weighted by molar-refractivity contribution is 5.95. The summed E-state index contributed by atoms with van der Waals surface area (Å²) in [4.78, 5) is 39.3.